The van der Waals surface area contributed by atoms with Crippen molar-refractivity contribution in [2.24, 2.45) is 4.99 Å². The normalized spacial score (nSPS) is 18.6. The van der Waals surface area contributed by atoms with Gasteiger partial charge in [-0.25, -0.2) is 0 Å². The lowest BCUT2D eigenvalue weighted by atomic mass is 10.2. The van der Waals surface area contributed by atoms with Crippen LogP contribution in [-0.2, 0) is 4.79 Å². The van der Waals surface area contributed by atoms with Crippen molar-refractivity contribution in [1.82, 2.24) is 14.8 Å². The van der Waals surface area contributed by atoms with Crippen molar-refractivity contribution in [2.45, 2.75) is 12.5 Å². The van der Waals surface area contributed by atoms with E-state index in [1.165, 1.54) is 6.08 Å². The maximum absolute atomic E-state index is 11.9. The number of ether oxygens (including phenoxy) is 2. The van der Waals surface area contributed by atoms with Crippen LogP contribution in [0.2, 0.25) is 0 Å². The molecule has 3 heterocycles. The lowest BCUT2D eigenvalue weighted by Crippen LogP contribution is -2.37. The Morgan fingerprint density at radius 1 is 1.26 bits per heavy atom. The summed E-state index contributed by atoms with van der Waals surface area (Å²) >= 11 is 0. The Morgan fingerprint density at radius 3 is 2.74 bits per heavy atom. The van der Waals surface area contributed by atoms with Crippen LogP contribution in [0.4, 0.5) is 5.69 Å². The second-order valence-electron chi connectivity index (χ2n) is 7.27. The molecule has 1 amide bonds. The number of carbonyl (C=O) groups is 1. The summed E-state index contributed by atoms with van der Waals surface area (Å²) in [5.41, 5.74) is 2.72. The van der Waals surface area contributed by atoms with Gasteiger partial charge < -0.3 is 24.7 Å². The second-order valence-corrected chi connectivity index (χ2v) is 7.27. The molecule has 0 unspecified atom stereocenters. The number of carbonyl (C=O) groups excluding carboxylic acids is 1. The fourth-order valence-corrected chi connectivity index (χ4v) is 3.67. The number of rotatable bonds is 4. The number of hydrogen-bond acceptors (Lipinski definition) is 5. The average Bonchev–Trinajstić information content (AvgIpc) is 3.47. The highest BCUT2D eigenvalue weighted by atomic mass is 16.5. The number of hydrogen-bond donors (Lipinski definition) is 2. The zero-order chi connectivity index (χ0) is 21.8. The van der Waals surface area contributed by atoms with Crippen molar-refractivity contribution in [3.63, 3.8) is 0 Å². The molecule has 1 atom stereocenters. The van der Waals surface area contributed by atoms with E-state index in [4.69, 9.17) is 14.5 Å². The first kappa shape index (κ1) is 20.4. The molecule has 4 rings (SSSR count). The van der Waals surface area contributed by atoms with Gasteiger partial charge in [0.15, 0.2) is 0 Å². The van der Waals surface area contributed by atoms with E-state index in [2.05, 4.69) is 28.8 Å². The van der Waals surface area contributed by atoms with Crippen molar-refractivity contribution >= 4 is 17.4 Å². The first-order chi connectivity index (χ1) is 15.1. The van der Waals surface area contributed by atoms with Crippen LogP contribution in [0.15, 0.2) is 48.2 Å². The third-order valence-electron chi connectivity index (χ3n) is 5.31. The molecule has 8 heteroatoms. The number of methoxy groups -OCH3 is 2. The molecule has 0 aliphatic carbocycles. The number of benzene rings is 1. The molecule has 0 radical (unpaired) electrons. The molecule has 1 aromatic heterocycles. The minimum absolute atomic E-state index is 0.0148. The number of amides is 1. The molecular formula is C23H25N5O3. The number of aromatic nitrogens is 1. The number of anilines is 1. The van der Waals surface area contributed by atoms with Gasteiger partial charge >= 0.3 is 0 Å². The molecule has 2 aliphatic rings. The Labute approximate surface area is 181 Å². The number of nitrogens with one attached hydrogen (secondary N) is 2. The van der Waals surface area contributed by atoms with Crippen LogP contribution in [0.5, 0.6) is 11.5 Å². The molecule has 8 nitrogen and oxygen atoms in total. The summed E-state index contributed by atoms with van der Waals surface area (Å²) in [7, 11) is 3.22. The van der Waals surface area contributed by atoms with Gasteiger partial charge in [-0.15, -0.1) is 0 Å². The van der Waals surface area contributed by atoms with Gasteiger partial charge in [-0.3, -0.25) is 14.7 Å². The average molecular weight is 419 g/mol. The van der Waals surface area contributed by atoms with Crippen molar-refractivity contribution in [3.05, 3.63) is 54.4 Å². The number of nitrogens with zero attached hydrogens (tertiary/aromatic N) is 3. The Hall–Kier alpha value is -3.86. The van der Waals surface area contributed by atoms with E-state index < -0.39 is 0 Å². The van der Waals surface area contributed by atoms with Crippen LogP contribution in [0, 0.1) is 12.0 Å². The summed E-state index contributed by atoms with van der Waals surface area (Å²) in [6.07, 6.45) is 5.98. The van der Waals surface area contributed by atoms with Crippen molar-refractivity contribution < 1.29 is 14.3 Å². The van der Waals surface area contributed by atoms with Gasteiger partial charge in [0.1, 0.15) is 24.0 Å². The first-order valence-corrected chi connectivity index (χ1v) is 10.0. The summed E-state index contributed by atoms with van der Waals surface area (Å²) in [5.74, 6) is 5.28. The molecule has 1 saturated heterocycles. The maximum atomic E-state index is 11.9. The Bertz CT molecular complexity index is 1060. The van der Waals surface area contributed by atoms with Gasteiger partial charge in [-0.2, -0.15) is 0 Å². The largest absolute Gasteiger partial charge is 0.497 e. The Morgan fingerprint density at radius 2 is 2.03 bits per heavy atom. The van der Waals surface area contributed by atoms with Crippen LogP contribution in [0.3, 0.4) is 0 Å². The summed E-state index contributed by atoms with van der Waals surface area (Å²) in [4.78, 5) is 23.7. The minimum atomic E-state index is -0.0565. The molecule has 31 heavy (non-hydrogen) atoms. The van der Waals surface area contributed by atoms with E-state index >= 15 is 0 Å². The molecule has 2 aromatic rings. The summed E-state index contributed by atoms with van der Waals surface area (Å²) in [5, 5.41) is 3.35. The number of H-pyrrole nitrogens is 1. The van der Waals surface area contributed by atoms with Crippen LogP contribution in [-0.4, -0.2) is 66.5 Å². The molecule has 160 valence electrons. The molecule has 0 spiro atoms. The molecule has 1 aromatic carbocycles. The molecule has 2 aliphatic heterocycles. The predicted octanol–water partition coefficient (Wildman–Crippen LogP) is 2.26. The topological polar surface area (TPSA) is 82.2 Å². The van der Waals surface area contributed by atoms with Gasteiger partial charge in [0.25, 0.3) is 0 Å². The molecule has 1 fully saturated rings. The van der Waals surface area contributed by atoms with Crippen molar-refractivity contribution in [1.29, 1.82) is 0 Å². The smallest absolute Gasteiger partial charge is 0.246 e. The van der Waals surface area contributed by atoms with E-state index in [0.29, 0.717) is 31.3 Å². The van der Waals surface area contributed by atoms with E-state index in [1.54, 1.807) is 19.1 Å². The number of aliphatic imine (C=N–C) groups is 1. The van der Waals surface area contributed by atoms with Crippen LogP contribution in [0.25, 0.3) is 0 Å². The number of amidine groups is 1. The number of fused-ring (bicyclic) bond motifs is 1. The zero-order valence-corrected chi connectivity index (χ0v) is 17.6. The van der Waals surface area contributed by atoms with Gasteiger partial charge in [0, 0.05) is 43.2 Å². The summed E-state index contributed by atoms with van der Waals surface area (Å²) in [6.45, 7) is 5.33. The second kappa shape index (κ2) is 8.88. The van der Waals surface area contributed by atoms with Crippen molar-refractivity contribution in [3.8, 4) is 23.5 Å². The fourth-order valence-electron chi connectivity index (χ4n) is 3.67. The molecule has 2 N–H and O–H groups in total. The van der Waals surface area contributed by atoms with Crippen molar-refractivity contribution in [2.75, 3.05) is 39.3 Å². The lowest BCUT2D eigenvalue weighted by molar-refractivity contribution is -0.125. The predicted molar refractivity (Wildman–Crippen MR) is 119 cm³/mol. The highest BCUT2D eigenvalue weighted by Gasteiger charge is 2.28. The van der Waals surface area contributed by atoms with Crippen LogP contribution in [0.1, 0.15) is 17.5 Å². The number of likely N-dealkylation sites (tertiary alicyclic amines) is 1. The SMILES string of the molecule is C=CC(=O)N1CC[C@H](N=C2c3c[nH]cc3NCN2C#Cc2cc(OC)cc(OC)c2)C1. The van der Waals surface area contributed by atoms with E-state index in [0.717, 1.165) is 29.1 Å². The highest BCUT2D eigenvalue weighted by molar-refractivity contribution is 6.06. The summed E-state index contributed by atoms with van der Waals surface area (Å²) < 4.78 is 10.7. The highest BCUT2D eigenvalue weighted by Crippen LogP contribution is 2.25. The monoisotopic (exact) mass is 419 g/mol. The maximum Gasteiger partial charge on any atom is 0.246 e. The lowest BCUT2D eigenvalue weighted by Gasteiger charge is -2.27. The van der Waals surface area contributed by atoms with Gasteiger partial charge in [0.05, 0.1) is 31.5 Å². The van der Waals surface area contributed by atoms with E-state index in [9.17, 15) is 4.79 Å². The van der Waals surface area contributed by atoms with Crippen LogP contribution >= 0.6 is 0 Å². The van der Waals surface area contributed by atoms with Gasteiger partial charge in [-0.1, -0.05) is 6.58 Å². The molecular weight excluding hydrogens is 394 g/mol. The Kier molecular flexibility index (Phi) is 5.85. The van der Waals surface area contributed by atoms with Crippen LogP contribution < -0.4 is 14.8 Å². The van der Waals surface area contributed by atoms with Gasteiger partial charge in [0.2, 0.25) is 5.91 Å². The van der Waals surface area contributed by atoms with E-state index in [1.807, 2.05) is 35.5 Å². The standard InChI is InChI=1S/C23H25N5O3/c1-4-22(29)27-8-6-17(14-27)26-23-20-12-24-13-21(20)25-15-28(23)7-5-16-9-18(30-2)11-19(10-16)31-3/h4,9-13,17,24-25H,1,6,8,14-15H2,2-3H3/t17-/m0/s1. The summed E-state index contributed by atoms with van der Waals surface area (Å²) in [6, 6.07) is 8.76. The zero-order valence-electron chi connectivity index (χ0n) is 17.6. The molecule has 0 saturated carbocycles. The van der Waals surface area contributed by atoms with Gasteiger partial charge in [-0.05, 0) is 30.6 Å². The Balaban J connectivity index is 1.63. The van der Waals surface area contributed by atoms with E-state index in [-0.39, 0.29) is 11.9 Å². The first-order valence-electron chi connectivity index (χ1n) is 10.0. The quantitative estimate of drug-likeness (QED) is 0.587. The third kappa shape index (κ3) is 4.36. The fraction of sp³-hybridized carbons (Fsp3) is 0.304. The number of aromatic amines is 1. The minimum Gasteiger partial charge on any atom is -0.497 e. The molecule has 0 bridgehead atoms. The third-order valence-corrected chi connectivity index (χ3v) is 5.31.